The smallest absolute Gasteiger partial charge is 0.305 e. The third-order valence-corrected chi connectivity index (χ3v) is 3.56. The molecular formula is C17H27NO2. The highest BCUT2D eigenvalue weighted by atomic mass is 16.5. The van der Waals surface area contributed by atoms with Crippen molar-refractivity contribution >= 4 is 5.97 Å². The van der Waals surface area contributed by atoms with Crippen molar-refractivity contribution in [3.63, 3.8) is 0 Å². The van der Waals surface area contributed by atoms with Crippen LogP contribution in [0.25, 0.3) is 0 Å². The SMILES string of the molecule is CCOC(=O)CCCCC(N)c1c(C)cc(C)cc1C. The summed E-state index contributed by atoms with van der Waals surface area (Å²) in [5, 5.41) is 0. The maximum absolute atomic E-state index is 11.2. The third-order valence-electron chi connectivity index (χ3n) is 3.56. The van der Waals surface area contributed by atoms with Gasteiger partial charge in [-0.25, -0.2) is 0 Å². The number of aryl methyl sites for hydroxylation is 3. The van der Waals surface area contributed by atoms with Crippen LogP contribution in [0, 0.1) is 20.8 Å². The first-order chi connectivity index (χ1) is 9.45. The Kier molecular flexibility index (Phi) is 6.73. The van der Waals surface area contributed by atoms with Crippen LogP contribution in [-0.2, 0) is 9.53 Å². The van der Waals surface area contributed by atoms with E-state index < -0.39 is 0 Å². The monoisotopic (exact) mass is 277 g/mol. The topological polar surface area (TPSA) is 52.3 Å². The van der Waals surface area contributed by atoms with E-state index in [1.54, 1.807) is 0 Å². The summed E-state index contributed by atoms with van der Waals surface area (Å²) in [6.07, 6.45) is 3.19. The van der Waals surface area contributed by atoms with Gasteiger partial charge in [-0.3, -0.25) is 4.79 Å². The van der Waals surface area contributed by atoms with E-state index >= 15 is 0 Å². The van der Waals surface area contributed by atoms with Gasteiger partial charge >= 0.3 is 5.97 Å². The minimum Gasteiger partial charge on any atom is -0.466 e. The molecule has 0 aliphatic rings. The molecule has 0 radical (unpaired) electrons. The summed E-state index contributed by atoms with van der Waals surface area (Å²) in [7, 11) is 0. The van der Waals surface area contributed by atoms with Crippen LogP contribution in [0.4, 0.5) is 0 Å². The highest BCUT2D eigenvalue weighted by Crippen LogP contribution is 2.25. The summed E-state index contributed by atoms with van der Waals surface area (Å²) in [4.78, 5) is 11.2. The maximum atomic E-state index is 11.2. The lowest BCUT2D eigenvalue weighted by Gasteiger charge is -2.18. The lowest BCUT2D eigenvalue weighted by Crippen LogP contribution is -2.14. The Balaban J connectivity index is 2.47. The Morgan fingerprint density at radius 2 is 1.80 bits per heavy atom. The van der Waals surface area contributed by atoms with Crippen molar-refractivity contribution in [2.24, 2.45) is 5.73 Å². The largest absolute Gasteiger partial charge is 0.466 e. The van der Waals surface area contributed by atoms with Crippen LogP contribution < -0.4 is 5.73 Å². The lowest BCUT2D eigenvalue weighted by molar-refractivity contribution is -0.143. The van der Waals surface area contributed by atoms with Crippen LogP contribution >= 0.6 is 0 Å². The number of nitrogens with two attached hydrogens (primary N) is 1. The second-order valence-corrected chi connectivity index (χ2v) is 5.47. The Labute approximate surface area is 122 Å². The highest BCUT2D eigenvalue weighted by molar-refractivity contribution is 5.69. The second kappa shape index (κ2) is 8.05. The zero-order valence-electron chi connectivity index (χ0n) is 13.2. The van der Waals surface area contributed by atoms with E-state index in [1.807, 2.05) is 6.92 Å². The molecule has 2 N–H and O–H groups in total. The molecule has 0 fully saturated rings. The molecule has 0 bridgehead atoms. The molecule has 20 heavy (non-hydrogen) atoms. The predicted octanol–water partition coefficient (Wildman–Crippen LogP) is 3.74. The van der Waals surface area contributed by atoms with Crippen molar-refractivity contribution in [3.05, 3.63) is 34.4 Å². The molecule has 3 nitrogen and oxygen atoms in total. The van der Waals surface area contributed by atoms with Crippen LogP contribution in [0.2, 0.25) is 0 Å². The van der Waals surface area contributed by atoms with Gasteiger partial charge in [0.25, 0.3) is 0 Å². The minimum atomic E-state index is -0.108. The number of carbonyl (C=O) groups is 1. The molecular weight excluding hydrogens is 250 g/mol. The molecule has 0 amide bonds. The van der Waals surface area contributed by atoms with Crippen LogP contribution in [0.3, 0.4) is 0 Å². The normalized spacial score (nSPS) is 12.2. The fourth-order valence-corrected chi connectivity index (χ4v) is 2.79. The van der Waals surface area contributed by atoms with Crippen LogP contribution in [0.1, 0.15) is 60.9 Å². The zero-order chi connectivity index (χ0) is 15.1. The molecule has 1 unspecified atom stereocenters. The van der Waals surface area contributed by atoms with E-state index in [9.17, 15) is 4.79 Å². The highest BCUT2D eigenvalue weighted by Gasteiger charge is 2.12. The first-order valence-electron chi connectivity index (χ1n) is 7.44. The van der Waals surface area contributed by atoms with Gasteiger partial charge in [0, 0.05) is 12.5 Å². The van der Waals surface area contributed by atoms with Crippen molar-refractivity contribution in [2.75, 3.05) is 6.61 Å². The molecule has 1 rings (SSSR count). The number of hydrogen-bond donors (Lipinski definition) is 1. The summed E-state index contributed by atoms with van der Waals surface area (Å²) in [5.74, 6) is -0.108. The summed E-state index contributed by atoms with van der Waals surface area (Å²) in [6, 6.07) is 4.42. The molecule has 112 valence electrons. The van der Waals surface area contributed by atoms with E-state index in [-0.39, 0.29) is 12.0 Å². The minimum absolute atomic E-state index is 0.0535. The van der Waals surface area contributed by atoms with Crippen LogP contribution in [-0.4, -0.2) is 12.6 Å². The quantitative estimate of drug-likeness (QED) is 0.610. The predicted molar refractivity (Wildman–Crippen MR) is 82.7 cm³/mol. The van der Waals surface area contributed by atoms with E-state index in [2.05, 4.69) is 32.9 Å². The number of esters is 1. The number of ether oxygens (including phenoxy) is 1. The van der Waals surface area contributed by atoms with E-state index in [4.69, 9.17) is 10.5 Å². The van der Waals surface area contributed by atoms with Crippen LogP contribution in [0.5, 0.6) is 0 Å². The molecule has 0 saturated heterocycles. The summed E-state index contributed by atoms with van der Waals surface area (Å²) >= 11 is 0. The van der Waals surface area contributed by atoms with Gasteiger partial charge < -0.3 is 10.5 Å². The van der Waals surface area contributed by atoms with E-state index in [0.717, 1.165) is 19.3 Å². The molecule has 0 aliphatic heterocycles. The van der Waals surface area contributed by atoms with Gasteiger partial charge in [0.15, 0.2) is 0 Å². The van der Waals surface area contributed by atoms with Crippen molar-refractivity contribution < 1.29 is 9.53 Å². The van der Waals surface area contributed by atoms with Gasteiger partial charge in [-0.15, -0.1) is 0 Å². The fourth-order valence-electron chi connectivity index (χ4n) is 2.79. The van der Waals surface area contributed by atoms with E-state index in [0.29, 0.717) is 13.0 Å². The fraction of sp³-hybridized carbons (Fsp3) is 0.588. The first-order valence-corrected chi connectivity index (χ1v) is 7.44. The molecule has 3 heteroatoms. The van der Waals surface area contributed by atoms with Crippen molar-refractivity contribution in [1.82, 2.24) is 0 Å². The molecule has 1 atom stereocenters. The average molecular weight is 277 g/mol. The number of unbranched alkanes of at least 4 members (excludes halogenated alkanes) is 1. The Morgan fingerprint density at radius 1 is 1.20 bits per heavy atom. The zero-order valence-corrected chi connectivity index (χ0v) is 13.2. The molecule has 1 aromatic rings. The van der Waals surface area contributed by atoms with Gasteiger partial charge in [-0.1, -0.05) is 24.1 Å². The Bertz CT molecular complexity index is 431. The maximum Gasteiger partial charge on any atom is 0.305 e. The number of hydrogen-bond acceptors (Lipinski definition) is 3. The van der Waals surface area contributed by atoms with Gasteiger partial charge in [0.1, 0.15) is 0 Å². The lowest BCUT2D eigenvalue weighted by atomic mass is 9.91. The van der Waals surface area contributed by atoms with Gasteiger partial charge in [-0.2, -0.15) is 0 Å². The molecule has 1 aromatic carbocycles. The van der Waals surface area contributed by atoms with Crippen LogP contribution in [0.15, 0.2) is 12.1 Å². The summed E-state index contributed by atoms with van der Waals surface area (Å²) < 4.78 is 4.91. The average Bonchev–Trinajstić information content (AvgIpc) is 2.33. The Hall–Kier alpha value is -1.35. The number of benzene rings is 1. The molecule has 0 aliphatic carbocycles. The Morgan fingerprint density at radius 3 is 2.35 bits per heavy atom. The second-order valence-electron chi connectivity index (χ2n) is 5.47. The molecule has 0 aromatic heterocycles. The molecule has 0 spiro atoms. The van der Waals surface area contributed by atoms with Crippen molar-refractivity contribution in [2.45, 2.75) is 59.4 Å². The first kappa shape index (κ1) is 16.7. The molecule has 0 heterocycles. The van der Waals surface area contributed by atoms with Gasteiger partial charge in [0.2, 0.25) is 0 Å². The number of carbonyl (C=O) groups excluding carboxylic acids is 1. The van der Waals surface area contributed by atoms with Gasteiger partial charge in [-0.05, 0) is 57.2 Å². The number of rotatable bonds is 7. The standard InChI is InChI=1S/C17H27NO2/c1-5-20-16(19)9-7-6-8-15(18)17-13(3)10-12(2)11-14(17)4/h10-11,15H,5-9,18H2,1-4H3. The molecule has 0 saturated carbocycles. The third kappa shape index (κ3) is 4.97. The summed E-state index contributed by atoms with van der Waals surface area (Å²) in [5.41, 5.74) is 11.4. The summed E-state index contributed by atoms with van der Waals surface area (Å²) in [6.45, 7) is 8.63. The van der Waals surface area contributed by atoms with E-state index in [1.165, 1.54) is 22.3 Å². The van der Waals surface area contributed by atoms with Crippen molar-refractivity contribution in [3.8, 4) is 0 Å². The van der Waals surface area contributed by atoms with Gasteiger partial charge in [0.05, 0.1) is 6.61 Å². The van der Waals surface area contributed by atoms with Crippen molar-refractivity contribution in [1.29, 1.82) is 0 Å².